The highest BCUT2D eigenvalue weighted by atomic mass is 127. The maximum Gasteiger partial charge on any atom is 0.333 e. The van der Waals surface area contributed by atoms with Crippen LogP contribution in [0.2, 0.25) is 5.02 Å². The molecule has 0 spiro atoms. The van der Waals surface area contributed by atoms with Crippen molar-refractivity contribution in [3.63, 3.8) is 0 Å². The Balaban J connectivity index is 2.46. The van der Waals surface area contributed by atoms with Crippen molar-refractivity contribution < 1.29 is 19.1 Å². The third-order valence-electron chi connectivity index (χ3n) is 2.25. The Morgan fingerprint density at radius 1 is 1.43 bits per heavy atom. The number of benzene rings is 1. The van der Waals surface area contributed by atoms with Crippen molar-refractivity contribution in [3.05, 3.63) is 38.9 Å². The molecule has 1 unspecified atom stereocenters. The van der Waals surface area contributed by atoms with Crippen LogP contribution in [0, 0.1) is 3.57 Å². The summed E-state index contributed by atoms with van der Waals surface area (Å²) in [4.78, 5) is 22.9. The molecule has 0 fully saturated rings. The van der Waals surface area contributed by atoms with Gasteiger partial charge in [0.1, 0.15) is 12.4 Å². The summed E-state index contributed by atoms with van der Waals surface area (Å²) in [7, 11) is 0. The predicted octanol–water partition coefficient (Wildman–Crippen LogP) is 3.97. The van der Waals surface area contributed by atoms with E-state index in [2.05, 4.69) is 6.58 Å². The maximum atomic E-state index is 11.7. The zero-order valence-corrected chi connectivity index (χ0v) is 14.9. The minimum atomic E-state index is -0.661. The molecule has 7 heteroatoms. The molecule has 0 bridgehead atoms. The number of halogens is 3. The van der Waals surface area contributed by atoms with E-state index in [4.69, 9.17) is 32.7 Å². The highest BCUT2D eigenvalue weighted by molar-refractivity contribution is 14.1. The molecule has 0 amide bonds. The lowest BCUT2D eigenvalue weighted by atomic mass is 10.3. The molecule has 0 aliphatic heterocycles. The lowest BCUT2D eigenvalue weighted by Crippen LogP contribution is -2.20. The molecule has 1 aromatic rings. The van der Waals surface area contributed by atoms with E-state index >= 15 is 0 Å². The molecule has 0 N–H and O–H groups in total. The van der Waals surface area contributed by atoms with Crippen molar-refractivity contribution in [1.82, 2.24) is 0 Å². The summed E-state index contributed by atoms with van der Waals surface area (Å²) in [6.07, 6.45) is -0.0796. The zero-order valence-electron chi connectivity index (χ0n) is 11.2. The highest BCUT2D eigenvalue weighted by Gasteiger charge is 2.16. The summed E-state index contributed by atoms with van der Waals surface area (Å²) in [5.41, 5.74) is 0.275. The standard InChI is InChI=1S/C14H13Cl2IO4/c1-8(2)14(19)20-7-10(16)6-13(18)21-12-4-3-9(15)5-11(12)17/h3-5,10H,1,6-7H2,2H3. The topological polar surface area (TPSA) is 52.6 Å². The second-order valence-electron chi connectivity index (χ2n) is 4.23. The fourth-order valence-corrected chi connectivity index (χ4v) is 2.42. The van der Waals surface area contributed by atoms with Crippen molar-refractivity contribution in [2.45, 2.75) is 18.7 Å². The number of carbonyl (C=O) groups is 2. The third-order valence-corrected chi connectivity index (χ3v) is 3.61. The summed E-state index contributed by atoms with van der Waals surface area (Å²) in [5, 5.41) is -0.105. The van der Waals surface area contributed by atoms with E-state index in [-0.39, 0.29) is 18.6 Å². The van der Waals surface area contributed by atoms with Gasteiger partial charge in [-0.3, -0.25) is 4.79 Å². The summed E-state index contributed by atoms with van der Waals surface area (Å²) < 4.78 is 10.8. The fraction of sp³-hybridized carbons (Fsp3) is 0.286. The molecular weight excluding hydrogens is 430 g/mol. The normalized spacial score (nSPS) is 11.6. The summed E-state index contributed by atoms with van der Waals surface area (Å²) in [6.45, 7) is 4.89. The van der Waals surface area contributed by atoms with Crippen LogP contribution in [0.25, 0.3) is 0 Å². The number of ether oxygens (including phenoxy) is 2. The van der Waals surface area contributed by atoms with Gasteiger partial charge in [0.15, 0.2) is 0 Å². The second kappa shape index (κ2) is 8.60. The van der Waals surface area contributed by atoms with Gasteiger partial charge in [-0.2, -0.15) is 0 Å². The fourth-order valence-electron chi connectivity index (χ4n) is 1.25. The number of carbonyl (C=O) groups excluding carboxylic acids is 2. The molecular formula is C14H13Cl2IO4. The van der Waals surface area contributed by atoms with Crippen LogP contribution in [0.3, 0.4) is 0 Å². The summed E-state index contributed by atoms with van der Waals surface area (Å²) in [6, 6.07) is 4.91. The average molecular weight is 443 g/mol. The van der Waals surface area contributed by atoms with Gasteiger partial charge in [-0.1, -0.05) is 18.2 Å². The van der Waals surface area contributed by atoms with Crippen LogP contribution >= 0.6 is 45.8 Å². The number of hydrogen-bond acceptors (Lipinski definition) is 4. The molecule has 0 saturated heterocycles. The Morgan fingerprint density at radius 2 is 2.10 bits per heavy atom. The monoisotopic (exact) mass is 442 g/mol. The van der Waals surface area contributed by atoms with Gasteiger partial charge in [0, 0.05) is 10.6 Å². The Morgan fingerprint density at radius 3 is 2.67 bits per heavy atom. The smallest absolute Gasteiger partial charge is 0.333 e. The molecule has 0 heterocycles. The minimum absolute atomic E-state index is 0.0796. The maximum absolute atomic E-state index is 11.7. The van der Waals surface area contributed by atoms with E-state index in [0.29, 0.717) is 14.3 Å². The SMILES string of the molecule is C=C(C)C(=O)OCC(Cl)CC(=O)Oc1ccc(Cl)cc1I. The van der Waals surface area contributed by atoms with Crippen molar-refractivity contribution in [3.8, 4) is 5.75 Å². The minimum Gasteiger partial charge on any atom is -0.461 e. The van der Waals surface area contributed by atoms with Gasteiger partial charge in [-0.15, -0.1) is 11.6 Å². The Labute approximate surface area is 146 Å². The molecule has 0 saturated carbocycles. The van der Waals surface area contributed by atoms with E-state index in [0.717, 1.165) is 0 Å². The van der Waals surface area contributed by atoms with Crippen LogP contribution in [0.15, 0.2) is 30.4 Å². The number of hydrogen-bond donors (Lipinski definition) is 0. The van der Waals surface area contributed by atoms with Gasteiger partial charge in [0.25, 0.3) is 0 Å². The predicted molar refractivity (Wildman–Crippen MR) is 89.8 cm³/mol. The first kappa shape index (κ1) is 18.3. The van der Waals surface area contributed by atoms with Crippen LogP contribution in [0.4, 0.5) is 0 Å². The first-order valence-corrected chi connectivity index (χ1v) is 7.81. The van der Waals surface area contributed by atoms with Gasteiger partial charge >= 0.3 is 11.9 Å². The van der Waals surface area contributed by atoms with Crippen LogP contribution in [-0.4, -0.2) is 23.9 Å². The zero-order chi connectivity index (χ0) is 16.0. The molecule has 0 aliphatic rings. The van der Waals surface area contributed by atoms with Crippen molar-refractivity contribution in [1.29, 1.82) is 0 Å². The Hall–Kier alpha value is -0.790. The summed E-state index contributed by atoms with van der Waals surface area (Å²) >= 11 is 13.7. The van der Waals surface area contributed by atoms with Crippen LogP contribution in [-0.2, 0) is 14.3 Å². The van der Waals surface area contributed by atoms with Gasteiger partial charge < -0.3 is 9.47 Å². The molecule has 0 aromatic heterocycles. The van der Waals surface area contributed by atoms with Gasteiger partial charge in [0.05, 0.1) is 15.4 Å². The van der Waals surface area contributed by atoms with Crippen molar-refractivity contribution >= 4 is 57.7 Å². The lowest BCUT2D eigenvalue weighted by Gasteiger charge is -2.11. The average Bonchev–Trinajstić information content (AvgIpc) is 2.39. The first-order chi connectivity index (χ1) is 9.79. The highest BCUT2D eigenvalue weighted by Crippen LogP contribution is 2.25. The number of esters is 2. The Bertz CT molecular complexity index is 560. The van der Waals surface area contributed by atoms with E-state index < -0.39 is 17.3 Å². The van der Waals surface area contributed by atoms with Crippen LogP contribution in [0.1, 0.15) is 13.3 Å². The van der Waals surface area contributed by atoms with Crippen LogP contribution in [0.5, 0.6) is 5.75 Å². The van der Waals surface area contributed by atoms with Crippen molar-refractivity contribution in [2.24, 2.45) is 0 Å². The van der Waals surface area contributed by atoms with Gasteiger partial charge in [0.2, 0.25) is 0 Å². The second-order valence-corrected chi connectivity index (χ2v) is 6.44. The lowest BCUT2D eigenvalue weighted by molar-refractivity contribution is -0.140. The van der Waals surface area contributed by atoms with Crippen molar-refractivity contribution in [2.75, 3.05) is 6.61 Å². The quantitative estimate of drug-likeness (QED) is 0.220. The number of alkyl halides is 1. The van der Waals surface area contributed by atoms with Gasteiger partial charge in [-0.25, -0.2) is 4.79 Å². The first-order valence-electron chi connectivity index (χ1n) is 5.92. The Kier molecular flexibility index (Phi) is 7.48. The third kappa shape index (κ3) is 6.67. The van der Waals surface area contributed by atoms with Gasteiger partial charge in [-0.05, 0) is 47.7 Å². The molecule has 1 rings (SSSR count). The molecule has 1 aromatic carbocycles. The van der Waals surface area contributed by atoms with E-state index in [1.54, 1.807) is 18.2 Å². The van der Waals surface area contributed by atoms with E-state index in [9.17, 15) is 9.59 Å². The summed E-state index contributed by atoms with van der Waals surface area (Å²) in [5.74, 6) is -0.643. The molecule has 1 atom stereocenters. The largest absolute Gasteiger partial charge is 0.461 e. The van der Waals surface area contributed by atoms with Crippen LogP contribution < -0.4 is 4.74 Å². The molecule has 4 nitrogen and oxygen atoms in total. The molecule has 0 radical (unpaired) electrons. The number of rotatable bonds is 6. The van der Waals surface area contributed by atoms with E-state index in [1.165, 1.54) is 6.92 Å². The molecule has 21 heavy (non-hydrogen) atoms. The molecule has 114 valence electrons. The van der Waals surface area contributed by atoms with E-state index in [1.807, 2.05) is 22.6 Å². The molecule has 0 aliphatic carbocycles.